The number of thiol groups is 1. The van der Waals surface area contributed by atoms with Gasteiger partial charge < -0.3 is 4.84 Å². The van der Waals surface area contributed by atoms with Crippen molar-refractivity contribution in [1.82, 2.24) is 4.89 Å². The van der Waals surface area contributed by atoms with Crippen LogP contribution in [0, 0.1) is 10.8 Å². The Morgan fingerprint density at radius 1 is 1.16 bits per heavy atom. The SMILES string of the molecule is CCC(=O)C12CCC(CCC(=O)ONS)(CC1)CC2. The van der Waals surface area contributed by atoms with Gasteiger partial charge in [0.15, 0.2) is 0 Å². The molecule has 3 aliphatic carbocycles. The molecule has 0 aliphatic heterocycles. The molecule has 0 unspecified atom stereocenters. The number of fused-ring (bicyclic) bond motifs is 3. The second kappa shape index (κ2) is 5.83. The molecule has 0 spiro atoms. The zero-order chi connectivity index (χ0) is 13.9. The van der Waals surface area contributed by atoms with Crippen molar-refractivity contribution in [3.8, 4) is 0 Å². The van der Waals surface area contributed by atoms with Gasteiger partial charge in [0, 0.05) is 18.3 Å². The zero-order valence-electron chi connectivity index (χ0n) is 11.5. The molecule has 0 aromatic heterocycles. The summed E-state index contributed by atoms with van der Waals surface area (Å²) in [6.45, 7) is 1.97. The number of Topliss-reactive ketones (excluding diaryl/α,β-unsaturated/α-hetero) is 1. The molecule has 0 amide bonds. The molecule has 3 aliphatic rings. The molecule has 0 aromatic rings. The van der Waals surface area contributed by atoms with Crippen LogP contribution in [0.25, 0.3) is 0 Å². The summed E-state index contributed by atoms with van der Waals surface area (Å²) in [4.78, 5) is 30.3. The minimum absolute atomic E-state index is 0.0241. The molecule has 0 atom stereocenters. The quantitative estimate of drug-likeness (QED) is 0.582. The van der Waals surface area contributed by atoms with Gasteiger partial charge in [-0.3, -0.25) is 9.59 Å². The minimum Gasteiger partial charge on any atom is -0.360 e. The molecule has 3 saturated carbocycles. The van der Waals surface area contributed by atoms with E-state index in [1.54, 1.807) is 0 Å². The lowest BCUT2D eigenvalue weighted by Crippen LogP contribution is -2.45. The molecule has 1 N–H and O–H groups in total. The maximum absolute atomic E-state index is 12.1. The fraction of sp³-hybridized carbons (Fsp3) is 0.857. The van der Waals surface area contributed by atoms with Crippen LogP contribution >= 0.6 is 12.8 Å². The monoisotopic (exact) mass is 285 g/mol. The van der Waals surface area contributed by atoms with Gasteiger partial charge in [-0.2, -0.15) is 0 Å². The molecular weight excluding hydrogens is 262 g/mol. The van der Waals surface area contributed by atoms with Crippen molar-refractivity contribution in [2.75, 3.05) is 0 Å². The van der Waals surface area contributed by atoms with Crippen LogP contribution in [0.1, 0.15) is 64.7 Å². The largest absolute Gasteiger partial charge is 0.360 e. The number of rotatable bonds is 6. The normalized spacial score (nSPS) is 33.2. The summed E-state index contributed by atoms with van der Waals surface area (Å²) in [5.74, 6) is 0.191. The summed E-state index contributed by atoms with van der Waals surface area (Å²) in [5.41, 5.74) is 0.245. The molecule has 5 heteroatoms. The lowest BCUT2D eigenvalue weighted by molar-refractivity contribution is -0.149. The Morgan fingerprint density at radius 3 is 2.21 bits per heavy atom. The average molecular weight is 285 g/mol. The van der Waals surface area contributed by atoms with E-state index in [1.165, 1.54) is 0 Å². The Bertz CT molecular complexity index is 345. The second-order valence-electron chi connectivity index (χ2n) is 6.12. The highest BCUT2D eigenvalue weighted by atomic mass is 32.1. The Morgan fingerprint density at radius 2 is 1.74 bits per heavy atom. The molecule has 0 radical (unpaired) electrons. The molecule has 0 aromatic carbocycles. The van der Waals surface area contributed by atoms with E-state index in [-0.39, 0.29) is 16.8 Å². The highest BCUT2D eigenvalue weighted by Gasteiger charge is 2.51. The number of ketones is 1. The Balaban J connectivity index is 1.90. The third kappa shape index (κ3) is 2.97. The van der Waals surface area contributed by atoms with E-state index in [0.29, 0.717) is 18.6 Å². The Labute approximate surface area is 120 Å². The highest BCUT2D eigenvalue weighted by molar-refractivity contribution is 7.77. The predicted octanol–water partition coefficient (Wildman–Crippen LogP) is 2.98. The molecule has 3 rings (SSSR count). The van der Waals surface area contributed by atoms with Crippen LogP contribution in [-0.2, 0) is 14.4 Å². The number of nitrogens with one attached hydrogen (secondary N) is 1. The summed E-state index contributed by atoms with van der Waals surface area (Å²) in [6.07, 6.45) is 8.26. The predicted molar refractivity (Wildman–Crippen MR) is 75.3 cm³/mol. The maximum Gasteiger partial charge on any atom is 0.325 e. The summed E-state index contributed by atoms with van der Waals surface area (Å²) in [5, 5.41) is 0. The van der Waals surface area contributed by atoms with Gasteiger partial charge >= 0.3 is 5.97 Å². The van der Waals surface area contributed by atoms with E-state index in [4.69, 9.17) is 0 Å². The topological polar surface area (TPSA) is 55.4 Å². The molecule has 19 heavy (non-hydrogen) atoms. The summed E-state index contributed by atoms with van der Waals surface area (Å²) < 4.78 is 0. The number of hydrogen-bond acceptors (Lipinski definition) is 5. The van der Waals surface area contributed by atoms with Gasteiger partial charge in [0.05, 0.1) is 0 Å². The van der Waals surface area contributed by atoms with E-state index in [1.807, 2.05) is 6.92 Å². The van der Waals surface area contributed by atoms with Gasteiger partial charge in [0.1, 0.15) is 5.78 Å². The van der Waals surface area contributed by atoms with Gasteiger partial charge in [-0.15, -0.1) is 0 Å². The van der Waals surface area contributed by atoms with Gasteiger partial charge in [0.2, 0.25) is 0 Å². The highest BCUT2D eigenvalue weighted by Crippen LogP contribution is 2.59. The molecular formula is C14H23NO3S. The Hall–Kier alpha value is -0.550. The van der Waals surface area contributed by atoms with Crippen LogP contribution < -0.4 is 4.89 Å². The van der Waals surface area contributed by atoms with E-state index in [0.717, 1.165) is 44.9 Å². The fourth-order valence-corrected chi connectivity index (χ4v) is 4.00. The van der Waals surface area contributed by atoms with Crippen molar-refractivity contribution in [2.45, 2.75) is 64.7 Å². The fourth-order valence-electron chi connectivity index (χ4n) is 3.90. The summed E-state index contributed by atoms with van der Waals surface area (Å²) >= 11 is 3.65. The first-order chi connectivity index (χ1) is 9.06. The third-order valence-electron chi connectivity index (χ3n) is 5.33. The first-order valence-corrected chi connectivity index (χ1v) is 7.63. The van der Waals surface area contributed by atoms with Crippen molar-refractivity contribution in [1.29, 1.82) is 0 Å². The lowest BCUT2D eigenvalue weighted by atomic mass is 9.51. The minimum atomic E-state index is -0.253. The van der Waals surface area contributed by atoms with Crippen LogP contribution in [0.5, 0.6) is 0 Å². The van der Waals surface area contributed by atoms with Crippen LogP contribution in [-0.4, -0.2) is 11.8 Å². The third-order valence-corrected chi connectivity index (χ3v) is 5.42. The Kier molecular flexibility index (Phi) is 4.56. The summed E-state index contributed by atoms with van der Waals surface area (Å²) in [7, 11) is 0. The van der Waals surface area contributed by atoms with Crippen molar-refractivity contribution >= 4 is 24.6 Å². The average Bonchev–Trinajstić information content (AvgIpc) is 2.47. The van der Waals surface area contributed by atoms with Crippen LogP contribution in [0.2, 0.25) is 0 Å². The molecule has 4 nitrogen and oxygen atoms in total. The maximum atomic E-state index is 12.1. The first kappa shape index (κ1) is 14.9. The molecule has 0 heterocycles. The molecule has 0 saturated heterocycles. The van der Waals surface area contributed by atoms with Crippen molar-refractivity contribution in [3.63, 3.8) is 0 Å². The van der Waals surface area contributed by atoms with Gasteiger partial charge in [-0.1, -0.05) is 24.6 Å². The van der Waals surface area contributed by atoms with E-state index >= 15 is 0 Å². The standard InChI is InChI=1S/C14H23NO3S/c1-2-11(16)14-8-5-13(6-9-14,7-10-14)4-3-12(17)18-15-19/h15,19H,2-10H2,1H3. The van der Waals surface area contributed by atoms with E-state index < -0.39 is 0 Å². The van der Waals surface area contributed by atoms with E-state index in [9.17, 15) is 9.59 Å². The molecule has 2 bridgehead atoms. The smallest absolute Gasteiger partial charge is 0.325 e. The van der Waals surface area contributed by atoms with Gasteiger partial charge in [0.25, 0.3) is 0 Å². The molecule has 108 valence electrons. The lowest BCUT2D eigenvalue weighted by Gasteiger charge is -2.52. The van der Waals surface area contributed by atoms with Gasteiger partial charge in [-0.05, 0) is 50.4 Å². The zero-order valence-corrected chi connectivity index (χ0v) is 12.4. The van der Waals surface area contributed by atoms with Crippen LogP contribution in [0.3, 0.4) is 0 Å². The second-order valence-corrected chi connectivity index (χ2v) is 6.30. The van der Waals surface area contributed by atoms with Crippen molar-refractivity contribution < 1.29 is 14.4 Å². The number of carbonyl (C=O) groups excluding carboxylic acids is 2. The van der Waals surface area contributed by atoms with Crippen LogP contribution in [0.4, 0.5) is 0 Å². The van der Waals surface area contributed by atoms with Gasteiger partial charge in [-0.25, -0.2) is 0 Å². The number of carbonyl (C=O) groups is 2. The van der Waals surface area contributed by atoms with Crippen LogP contribution in [0.15, 0.2) is 0 Å². The van der Waals surface area contributed by atoms with Crippen molar-refractivity contribution in [3.05, 3.63) is 0 Å². The van der Waals surface area contributed by atoms with E-state index in [2.05, 4.69) is 22.5 Å². The summed E-state index contributed by atoms with van der Waals surface area (Å²) in [6, 6.07) is 0. The number of hydrogen-bond donors (Lipinski definition) is 2. The first-order valence-electron chi connectivity index (χ1n) is 7.18. The van der Waals surface area contributed by atoms with Crippen molar-refractivity contribution in [2.24, 2.45) is 10.8 Å². The molecule has 3 fully saturated rings.